The highest BCUT2D eigenvalue weighted by Gasteiger charge is 2.12. The summed E-state index contributed by atoms with van der Waals surface area (Å²) >= 11 is 0. The smallest absolute Gasteiger partial charge is 0.308 e. The summed E-state index contributed by atoms with van der Waals surface area (Å²) in [5.74, 6) is -1.49. The number of methoxy groups -OCH3 is 1. The van der Waals surface area contributed by atoms with Gasteiger partial charge in [-0.2, -0.15) is 5.10 Å². The molecule has 2 rings (SSSR count). The maximum absolute atomic E-state index is 13.0. The van der Waals surface area contributed by atoms with E-state index in [4.69, 9.17) is 9.84 Å². The number of aliphatic carboxylic acids is 1. The van der Waals surface area contributed by atoms with Gasteiger partial charge in [-0.25, -0.2) is 9.07 Å². The van der Waals surface area contributed by atoms with Crippen LogP contribution in [0, 0.1) is 5.82 Å². The summed E-state index contributed by atoms with van der Waals surface area (Å²) in [5, 5.41) is 13.1. The number of benzene rings is 1. The van der Waals surface area contributed by atoms with E-state index in [1.54, 1.807) is 0 Å². The minimum absolute atomic E-state index is 0.123. The van der Waals surface area contributed by atoms with Gasteiger partial charge in [0.15, 0.2) is 0 Å². The fourth-order valence-corrected chi connectivity index (χ4v) is 1.98. The second kappa shape index (κ2) is 6.95. The maximum Gasteiger partial charge on any atom is 0.308 e. The number of carboxylic acid groups (broad SMARTS) is 1. The first-order chi connectivity index (χ1) is 10.5. The minimum Gasteiger partial charge on any atom is -0.481 e. The summed E-state index contributed by atoms with van der Waals surface area (Å²) in [5.41, 5.74) is 0.661. The Hall–Kier alpha value is -2.54. The number of rotatable bonds is 6. The zero-order valence-electron chi connectivity index (χ0n) is 12.0. The van der Waals surface area contributed by atoms with Crippen molar-refractivity contribution in [2.24, 2.45) is 0 Å². The molecular weight excluding hydrogens is 291 g/mol. The molecule has 1 heterocycles. The second-order valence-corrected chi connectivity index (χ2v) is 4.65. The van der Waals surface area contributed by atoms with E-state index < -0.39 is 17.9 Å². The van der Waals surface area contributed by atoms with Crippen LogP contribution in [0.25, 0.3) is 11.3 Å². The molecule has 7 heteroatoms. The molecule has 0 saturated carbocycles. The van der Waals surface area contributed by atoms with Gasteiger partial charge in [-0.15, -0.1) is 0 Å². The number of hydrogen-bond donors (Lipinski definition) is 1. The van der Waals surface area contributed by atoms with Crippen molar-refractivity contribution in [1.82, 2.24) is 9.78 Å². The average molecular weight is 306 g/mol. The number of hydrogen-bond acceptors (Lipinski definition) is 4. The van der Waals surface area contributed by atoms with E-state index >= 15 is 0 Å². The molecule has 22 heavy (non-hydrogen) atoms. The molecule has 0 fully saturated rings. The van der Waals surface area contributed by atoms with Gasteiger partial charge in [0.1, 0.15) is 5.82 Å². The van der Waals surface area contributed by atoms with Crippen LogP contribution in [0.15, 0.2) is 35.1 Å². The third-order valence-corrected chi connectivity index (χ3v) is 3.04. The Bertz CT molecular complexity index is 725. The third-order valence-electron chi connectivity index (χ3n) is 3.04. The highest BCUT2D eigenvalue weighted by Crippen LogP contribution is 2.17. The van der Waals surface area contributed by atoms with Crippen LogP contribution in [0.2, 0.25) is 0 Å². The third kappa shape index (κ3) is 3.76. The van der Waals surface area contributed by atoms with Crippen molar-refractivity contribution >= 4 is 5.97 Å². The molecule has 0 saturated heterocycles. The number of nitrogens with zero attached hydrogens (tertiary/aromatic N) is 2. The first kappa shape index (κ1) is 15.8. The molecule has 0 aliphatic rings. The summed E-state index contributed by atoms with van der Waals surface area (Å²) in [7, 11) is 1.49. The molecule has 6 nitrogen and oxygen atoms in total. The van der Waals surface area contributed by atoms with Gasteiger partial charge in [0.25, 0.3) is 5.56 Å². The number of ether oxygens (including phenoxy) is 1. The lowest BCUT2D eigenvalue weighted by Crippen LogP contribution is -2.29. The quantitative estimate of drug-likeness (QED) is 0.870. The molecule has 0 amide bonds. The first-order valence-electron chi connectivity index (χ1n) is 6.59. The molecule has 1 aromatic carbocycles. The lowest BCUT2D eigenvalue weighted by Gasteiger charge is -2.09. The van der Waals surface area contributed by atoms with Crippen molar-refractivity contribution in [1.29, 1.82) is 0 Å². The molecule has 0 bridgehead atoms. The Labute approximate surface area is 125 Å². The van der Waals surface area contributed by atoms with E-state index in [-0.39, 0.29) is 24.5 Å². The summed E-state index contributed by atoms with van der Waals surface area (Å²) < 4.78 is 19.1. The monoisotopic (exact) mass is 306 g/mol. The van der Waals surface area contributed by atoms with E-state index in [9.17, 15) is 14.0 Å². The molecule has 116 valence electrons. The van der Waals surface area contributed by atoms with Crippen LogP contribution in [0.4, 0.5) is 4.39 Å². The lowest BCUT2D eigenvalue weighted by molar-refractivity contribution is -0.136. The van der Waals surface area contributed by atoms with E-state index in [1.165, 1.54) is 42.1 Å². The molecule has 0 aliphatic carbocycles. The second-order valence-electron chi connectivity index (χ2n) is 4.65. The van der Waals surface area contributed by atoms with Crippen molar-refractivity contribution in [2.45, 2.75) is 13.0 Å². The molecular formula is C15H15FN2O4. The average Bonchev–Trinajstić information content (AvgIpc) is 2.48. The van der Waals surface area contributed by atoms with Crippen LogP contribution in [-0.2, 0) is 22.5 Å². The Morgan fingerprint density at radius 2 is 2.05 bits per heavy atom. The predicted molar refractivity (Wildman–Crippen MR) is 77.1 cm³/mol. The molecule has 0 unspecified atom stereocenters. The Kier molecular flexibility index (Phi) is 5.00. The van der Waals surface area contributed by atoms with E-state index in [0.29, 0.717) is 11.3 Å². The van der Waals surface area contributed by atoms with Gasteiger partial charge in [-0.1, -0.05) is 0 Å². The van der Waals surface area contributed by atoms with Crippen LogP contribution < -0.4 is 5.56 Å². The van der Waals surface area contributed by atoms with Gasteiger partial charge in [0.05, 0.1) is 25.3 Å². The van der Waals surface area contributed by atoms with Crippen molar-refractivity contribution < 1.29 is 19.0 Å². The topological polar surface area (TPSA) is 81.4 Å². The Morgan fingerprint density at radius 3 is 2.64 bits per heavy atom. The Morgan fingerprint density at radius 1 is 1.36 bits per heavy atom. The molecule has 0 radical (unpaired) electrons. The fourth-order valence-electron chi connectivity index (χ4n) is 1.98. The normalized spacial score (nSPS) is 10.6. The maximum atomic E-state index is 13.0. The summed E-state index contributed by atoms with van der Waals surface area (Å²) in [6.07, 6.45) is -0.400. The number of halogens is 1. The van der Waals surface area contributed by atoms with Gasteiger partial charge in [0, 0.05) is 18.2 Å². The number of carbonyl (C=O) groups is 1. The zero-order valence-corrected chi connectivity index (χ0v) is 12.0. The lowest BCUT2D eigenvalue weighted by atomic mass is 10.1. The van der Waals surface area contributed by atoms with Gasteiger partial charge in [-0.3, -0.25) is 9.59 Å². The highest BCUT2D eigenvalue weighted by atomic mass is 19.1. The van der Waals surface area contributed by atoms with E-state index in [2.05, 4.69) is 5.10 Å². The fraction of sp³-hybridized carbons (Fsp3) is 0.267. The zero-order chi connectivity index (χ0) is 16.1. The molecule has 0 atom stereocenters. The number of aromatic nitrogens is 2. The summed E-state index contributed by atoms with van der Waals surface area (Å²) in [6.45, 7) is 0.475. The van der Waals surface area contributed by atoms with Crippen LogP contribution >= 0.6 is 0 Å². The van der Waals surface area contributed by atoms with Crippen LogP contribution in [0.3, 0.4) is 0 Å². The standard InChI is InChI=1S/C15H15FN2O4/c1-22-7-6-18-15(21)11(9-14(19)20)8-13(17-18)10-2-4-12(16)5-3-10/h2-5,8H,6-7,9H2,1H3,(H,19,20). The molecule has 1 N–H and O–H groups in total. The predicted octanol–water partition coefficient (Wildman–Crippen LogP) is 1.32. The van der Waals surface area contributed by atoms with Gasteiger partial charge >= 0.3 is 5.97 Å². The molecule has 1 aromatic heterocycles. The summed E-state index contributed by atoms with van der Waals surface area (Å²) in [4.78, 5) is 23.1. The minimum atomic E-state index is -1.10. The largest absolute Gasteiger partial charge is 0.481 e. The molecule has 0 spiro atoms. The van der Waals surface area contributed by atoms with Gasteiger partial charge < -0.3 is 9.84 Å². The highest BCUT2D eigenvalue weighted by molar-refractivity contribution is 5.71. The summed E-state index contributed by atoms with van der Waals surface area (Å²) in [6, 6.07) is 7.02. The molecule has 2 aromatic rings. The Balaban J connectivity index is 2.50. The molecule has 0 aliphatic heterocycles. The first-order valence-corrected chi connectivity index (χ1v) is 6.59. The SMILES string of the molecule is COCCn1nc(-c2ccc(F)cc2)cc(CC(=O)O)c1=O. The van der Waals surface area contributed by atoms with Crippen molar-refractivity contribution in [2.75, 3.05) is 13.7 Å². The van der Waals surface area contributed by atoms with E-state index in [0.717, 1.165) is 0 Å². The van der Waals surface area contributed by atoms with Crippen molar-refractivity contribution in [3.8, 4) is 11.3 Å². The van der Waals surface area contributed by atoms with Crippen LogP contribution in [0.1, 0.15) is 5.56 Å². The van der Waals surface area contributed by atoms with E-state index in [1.807, 2.05) is 0 Å². The van der Waals surface area contributed by atoms with Gasteiger partial charge in [-0.05, 0) is 30.3 Å². The number of carboxylic acids is 1. The van der Waals surface area contributed by atoms with Crippen molar-refractivity contribution in [3.05, 3.63) is 52.1 Å². The van der Waals surface area contributed by atoms with Crippen LogP contribution in [0.5, 0.6) is 0 Å². The van der Waals surface area contributed by atoms with Crippen molar-refractivity contribution in [3.63, 3.8) is 0 Å². The van der Waals surface area contributed by atoms with Gasteiger partial charge in [0.2, 0.25) is 0 Å². The van der Waals surface area contributed by atoms with Crippen LogP contribution in [-0.4, -0.2) is 34.6 Å².